The zero-order valence-corrected chi connectivity index (χ0v) is 12.1. The molecule has 1 aromatic carbocycles. The van der Waals surface area contributed by atoms with Gasteiger partial charge in [0.1, 0.15) is 6.54 Å². The molecular weight excluding hydrogens is 218 g/mol. The van der Waals surface area contributed by atoms with Gasteiger partial charge in [0.05, 0.1) is 27.5 Å². The molecule has 0 amide bonds. The van der Waals surface area contributed by atoms with Crippen molar-refractivity contribution in [2.24, 2.45) is 0 Å². The van der Waals surface area contributed by atoms with Crippen LogP contribution in [0.1, 0.15) is 57.9 Å². The lowest BCUT2D eigenvalue weighted by molar-refractivity contribution is -0.903. The Morgan fingerprint density at radius 2 is 1.56 bits per heavy atom. The summed E-state index contributed by atoms with van der Waals surface area (Å²) in [6.07, 6.45) is 7.38. The standard InChI is InChI=1S/C17H30N/c1-4-5-6-7-8-12-15-18(2,3)16-17-13-10-9-11-14-17/h9-11,13-14H,4-8,12,15-16H2,1-3H3/q+1/i9D,10D,11D,13D,14D. The van der Waals surface area contributed by atoms with Crippen LogP contribution < -0.4 is 0 Å². The third-order valence-electron chi connectivity index (χ3n) is 3.25. The van der Waals surface area contributed by atoms with Gasteiger partial charge in [-0.2, -0.15) is 0 Å². The summed E-state index contributed by atoms with van der Waals surface area (Å²) in [5, 5.41) is 0. The third-order valence-corrected chi connectivity index (χ3v) is 3.25. The molecule has 1 aromatic rings. The maximum Gasteiger partial charge on any atom is 0.104 e. The quantitative estimate of drug-likeness (QED) is 0.445. The minimum Gasteiger partial charge on any atom is -0.325 e. The summed E-state index contributed by atoms with van der Waals surface area (Å²) in [6, 6.07) is -0.915. The zero-order chi connectivity index (χ0) is 17.6. The average molecular weight is 253 g/mol. The van der Waals surface area contributed by atoms with Gasteiger partial charge in [-0.3, -0.25) is 0 Å². The van der Waals surface area contributed by atoms with Crippen LogP contribution in [0.15, 0.2) is 30.2 Å². The Morgan fingerprint density at radius 3 is 2.22 bits per heavy atom. The highest BCUT2D eigenvalue weighted by Gasteiger charge is 2.14. The van der Waals surface area contributed by atoms with E-state index < -0.39 is 0 Å². The summed E-state index contributed by atoms with van der Waals surface area (Å²) in [5.41, 5.74) is 0.423. The Balaban J connectivity index is 2.71. The largest absolute Gasteiger partial charge is 0.325 e. The van der Waals surface area contributed by atoms with E-state index in [4.69, 9.17) is 6.85 Å². The normalized spacial score (nSPS) is 15.6. The SMILES string of the molecule is [2H]c1c([2H])c([2H])c(C[N+](C)(C)CCCCCCCC)c([2H])c1[2H]. The van der Waals surface area contributed by atoms with Crippen molar-refractivity contribution in [1.29, 1.82) is 0 Å². The van der Waals surface area contributed by atoms with Crippen LogP contribution in [-0.2, 0) is 6.54 Å². The van der Waals surface area contributed by atoms with Crippen LogP contribution in [-0.4, -0.2) is 25.1 Å². The Bertz CT molecular complexity index is 499. The van der Waals surface area contributed by atoms with Gasteiger partial charge in [-0.25, -0.2) is 0 Å². The topological polar surface area (TPSA) is 0 Å². The van der Waals surface area contributed by atoms with Crippen LogP contribution in [0.2, 0.25) is 0 Å². The van der Waals surface area contributed by atoms with E-state index in [-0.39, 0.29) is 30.2 Å². The number of benzene rings is 1. The molecule has 0 heterocycles. The number of rotatable bonds is 9. The van der Waals surface area contributed by atoms with E-state index in [1.54, 1.807) is 0 Å². The second-order valence-electron chi connectivity index (χ2n) is 5.69. The van der Waals surface area contributed by atoms with Crippen molar-refractivity contribution in [3.8, 4) is 0 Å². The van der Waals surface area contributed by atoms with Gasteiger partial charge in [0.25, 0.3) is 0 Å². The second-order valence-corrected chi connectivity index (χ2v) is 5.69. The summed E-state index contributed by atoms with van der Waals surface area (Å²) in [7, 11) is 4.12. The van der Waals surface area contributed by atoms with Crippen LogP contribution in [0.4, 0.5) is 0 Å². The number of nitrogens with zero attached hydrogens (tertiary/aromatic N) is 1. The predicted molar refractivity (Wildman–Crippen MR) is 80.5 cm³/mol. The van der Waals surface area contributed by atoms with E-state index >= 15 is 0 Å². The first-order valence-electron chi connectivity index (χ1n) is 9.59. The third kappa shape index (κ3) is 6.80. The highest BCUT2D eigenvalue weighted by atomic mass is 15.3. The van der Waals surface area contributed by atoms with Crippen LogP contribution >= 0.6 is 0 Å². The van der Waals surface area contributed by atoms with Crippen molar-refractivity contribution in [2.45, 2.75) is 52.0 Å². The molecular formula is C17H30N+. The molecule has 0 saturated heterocycles. The summed E-state index contributed by atoms with van der Waals surface area (Å²) < 4.78 is 39.9. The zero-order valence-electron chi connectivity index (χ0n) is 17.1. The van der Waals surface area contributed by atoms with E-state index in [1.165, 1.54) is 32.1 Å². The molecule has 0 fully saturated rings. The van der Waals surface area contributed by atoms with Crippen molar-refractivity contribution in [3.05, 3.63) is 35.8 Å². The predicted octanol–water partition coefficient (Wildman–Crippen LogP) is 4.62. The Labute approximate surface area is 120 Å². The van der Waals surface area contributed by atoms with Gasteiger partial charge >= 0.3 is 0 Å². The highest BCUT2D eigenvalue weighted by molar-refractivity contribution is 5.13. The first kappa shape index (κ1) is 9.14. The molecule has 0 saturated carbocycles. The molecule has 0 aliphatic heterocycles. The molecule has 0 unspecified atom stereocenters. The summed E-state index contributed by atoms with van der Waals surface area (Å²) in [6.45, 7) is 3.62. The van der Waals surface area contributed by atoms with Crippen LogP contribution in [0.3, 0.4) is 0 Å². The maximum atomic E-state index is 8.02. The second kappa shape index (κ2) is 8.31. The summed E-state index contributed by atoms with van der Waals surface area (Å²) in [5.74, 6) is 0. The van der Waals surface area contributed by atoms with Gasteiger partial charge in [0.2, 0.25) is 0 Å². The van der Waals surface area contributed by atoms with Gasteiger partial charge in [-0.1, -0.05) is 62.8 Å². The molecule has 0 radical (unpaired) electrons. The molecule has 18 heavy (non-hydrogen) atoms. The van der Waals surface area contributed by atoms with Gasteiger partial charge in [0.15, 0.2) is 0 Å². The fourth-order valence-electron chi connectivity index (χ4n) is 2.18. The lowest BCUT2D eigenvalue weighted by atomic mass is 10.1. The summed E-state index contributed by atoms with van der Waals surface area (Å²) in [4.78, 5) is 0. The Kier molecular flexibility index (Phi) is 4.22. The first-order chi connectivity index (χ1) is 10.7. The van der Waals surface area contributed by atoms with Gasteiger partial charge in [0, 0.05) is 5.56 Å². The van der Waals surface area contributed by atoms with E-state index in [0.717, 1.165) is 13.0 Å². The smallest absolute Gasteiger partial charge is 0.104 e. The molecule has 1 heteroatoms. The van der Waals surface area contributed by atoms with Crippen molar-refractivity contribution in [1.82, 2.24) is 0 Å². The summed E-state index contributed by atoms with van der Waals surface area (Å²) >= 11 is 0. The fraction of sp³-hybridized carbons (Fsp3) is 0.647. The number of quaternary nitrogens is 1. The minimum absolute atomic E-state index is 0.0647. The Hall–Kier alpha value is -0.820. The monoisotopic (exact) mass is 253 g/mol. The highest BCUT2D eigenvalue weighted by Crippen LogP contribution is 2.12. The van der Waals surface area contributed by atoms with Crippen molar-refractivity contribution >= 4 is 0 Å². The van der Waals surface area contributed by atoms with E-state index in [0.29, 0.717) is 16.6 Å². The fourth-order valence-corrected chi connectivity index (χ4v) is 2.18. The van der Waals surface area contributed by atoms with E-state index in [2.05, 4.69) is 21.0 Å². The van der Waals surface area contributed by atoms with Gasteiger partial charge in [-0.15, -0.1) is 0 Å². The molecule has 102 valence electrons. The molecule has 0 aliphatic rings. The molecule has 0 bridgehead atoms. The molecule has 0 aromatic heterocycles. The molecule has 0 spiro atoms. The number of hydrogen-bond donors (Lipinski definition) is 0. The van der Waals surface area contributed by atoms with Crippen molar-refractivity contribution in [3.63, 3.8) is 0 Å². The molecule has 1 rings (SSSR count). The van der Waals surface area contributed by atoms with Gasteiger partial charge in [-0.05, 0) is 12.8 Å². The van der Waals surface area contributed by atoms with Crippen LogP contribution in [0.5, 0.6) is 0 Å². The van der Waals surface area contributed by atoms with E-state index in [9.17, 15) is 0 Å². The van der Waals surface area contributed by atoms with Crippen molar-refractivity contribution < 1.29 is 11.3 Å². The molecule has 0 aliphatic carbocycles. The maximum absolute atomic E-state index is 8.02. The van der Waals surface area contributed by atoms with Gasteiger partial charge < -0.3 is 4.48 Å². The number of hydrogen-bond acceptors (Lipinski definition) is 0. The molecule has 1 nitrogen and oxygen atoms in total. The lowest BCUT2D eigenvalue weighted by Crippen LogP contribution is -2.39. The van der Waals surface area contributed by atoms with E-state index in [1.807, 2.05) is 0 Å². The van der Waals surface area contributed by atoms with Crippen LogP contribution in [0.25, 0.3) is 0 Å². The number of unbranched alkanes of at least 4 members (excludes halogenated alkanes) is 5. The van der Waals surface area contributed by atoms with Crippen molar-refractivity contribution in [2.75, 3.05) is 20.6 Å². The molecule has 0 atom stereocenters. The average Bonchev–Trinajstić information content (AvgIpc) is 2.51. The molecule has 0 N–H and O–H groups in total. The Morgan fingerprint density at radius 1 is 0.944 bits per heavy atom. The first-order valence-corrected chi connectivity index (χ1v) is 7.09. The minimum atomic E-state index is -0.315. The lowest BCUT2D eigenvalue weighted by Gasteiger charge is -2.30. The van der Waals surface area contributed by atoms with Crippen LogP contribution in [0, 0.1) is 0 Å².